The zero-order valence-electron chi connectivity index (χ0n) is 11.8. The van der Waals surface area contributed by atoms with Gasteiger partial charge >= 0.3 is 0 Å². The summed E-state index contributed by atoms with van der Waals surface area (Å²) in [6.45, 7) is 1.99. The number of amides is 1. The van der Waals surface area contributed by atoms with Crippen molar-refractivity contribution in [2.45, 2.75) is 13.3 Å². The van der Waals surface area contributed by atoms with E-state index in [4.69, 9.17) is 17.0 Å². The molecule has 0 fully saturated rings. The molecule has 0 saturated carbocycles. The first kappa shape index (κ1) is 16.8. The van der Waals surface area contributed by atoms with Gasteiger partial charge in [-0.1, -0.05) is 34.2 Å². The number of carbonyl (C=O) groups is 1. The van der Waals surface area contributed by atoms with Gasteiger partial charge in [-0.25, -0.2) is 0 Å². The first-order valence-electron chi connectivity index (χ1n) is 6.31. The van der Waals surface area contributed by atoms with Crippen molar-refractivity contribution in [2.75, 3.05) is 12.4 Å². The second kappa shape index (κ2) is 7.61. The predicted molar refractivity (Wildman–Crippen MR) is 93.7 cm³/mol. The van der Waals surface area contributed by atoms with Crippen molar-refractivity contribution in [2.24, 2.45) is 0 Å². The number of nitrogens with one attached hydrogen (secondary N) is 2. The Labute approximate surface area is 145 Å². The molecule has 0 atom stereocenters. The van der Waals surface area contributed by atoms with Gasteiger partial charge in [0, 0.05) is 4.47 Å². The first-order valence-corrected chi connectivity index (χ1v) is 8.33. The van der Waals surface area contributed by atoms with Gasteiger partial charge in [0.15, 0.2) is 5.11 Å². The number of thiocarbonyl (C=S) groups is 1. The van der Waals surface area contributed by atoms with Crippen LogP contribution in [-0.2, 0) is 6.42 Å². The third-order valence-electron chi connectivity index (χ3n) is 2.62. The Hall–Kier alpha value is -1.58. The van der Waals surface area contributed by atoms with E-state index in [1.807, 2.05) is 6.92 Å². The minimum absolute atomic E-state index is 0.158. The molecule has 0 aliphatic carbocycles. The number of hydrogen-bond acceptors (Lipinski definition) is 6. The molecule has 0 saturated heterocycles. The van der Waals surface area contributed by atoms with E-state index in [2.05, 4.69) is 36.8 Å². The molecule has 0 spiro atoms. The van der Waals surface area contributed by atoms with Crippen LogP contribution in [0.1, 0.15) is 22.3 Å². The number of aromatic nitrogens is 2. The summed E-state index contributed by atoms with van der Waals surface area (Å²) in [4.78, 5) is 12.3. The standard InChI is InChI=1S/C13H13BrN4O2S2/c1-3-10-17-18-13(22-10)16-12(21)15-11(19)8-6-7(14)4-5-9(8)20-2/h4-6H,3H2,1-2H3,(H2,15,16,18,19,21). The molecule has 1 aromatic carbocycles. The molecule has 1 amide bonds. The molecular weight excluding hydrogens is 388 g/mol. The largest absolute Gasteiger partial charge is 0.496 e. The van der Waals surface area contributed by atoms with Gasteiger partial charge in [-0.15, -0.1) is 10.2 Å². The molecule has 1 aromatic heterocycles. The molecule has 0 aliphatic rings. The van der Waals surface area contributed by atoms with Crippen molar-refractivity contribution < 1.29 is 9.53 Å². The highest BCUT2D eigenvalue weighted by atomic mass is 79.9. The average molecular weight is 401 g/mol. The first-order chi connectivity index (χ1) is 10.5. The van der Waals surface area contributed by atoms with E-state index in [0.29, 0.717) is 16.4 Å². The Morgan fingerprint density at radius 2 is 2.23 bits per heavy atom. The highest BCUT2D eigenvalue weighted by Crippen LogP contribution is 2.23. The average Bonchev–Trinajstić information content (AvgIpc) is 2.94. The van der Waals surface area contributed by atoms with Crippen LogP contribution < -0.4 is 15.4 Å². The van der Waals surface area contributed by atoms with Crippen molar-refractivity contribution in [1.82, 2.24) is 15.5 Å². The molecule has 2 N–H and O–H groups in total. The third-order valence-corrected chi connectivity index (χ3v) is 4.30. The van der Waals surface area contributed by atoms with Crippen LogP contribution >= 0.6 is 39.5 Å². The summed E-state index contributed by atoms with van der Waals surface area (Å²) in [5.41, 5.74) is 0.382. The maximum absolute atomic E-state index is 12.3. The fourth-order valence-electron chi connectivity index (χ4n) is 1.60. The molecule has 9 heteroatoms. The smallest absolute Gasteiger partial charge is 0.261 e. The molecule has 0 bridgehead atoms. The molecule has 0 unspecified atom stereocenters. The van der Waals surface area contributed by atoms with Crippen molar-refractivity contribution in [3.05, 3.63) is 33.2 Å². The van der Waals surface area contributed by atoms with Gasteiger partial charge in [-0.2, -0.15) is 0 Å². The topological polar surface area (TPSA) is 76.1 Å². The van der Waals surface area contributed by atoms with Crippen LogP contribution in [0.3, 0.4) is 0 Å². The van der Waals surface area contributed by atoms with Crippen molar-refractivity contribution in [3.63, 3.8) is 0 Å². The Morgan fingerprint density at radius 1 is 1.45 bits per heavy atom. The number of carbonyl (C=O) groups excluding carboxylic acids is 1. The fourth-order valence-corrected chi connectivity index (χ4v) is 2.90. The number of hydrogen-bond donors (Lipinski definition) is 2. The summed E-state index contributed by atoms with van der Waals surface area (Å²) in [5.74, 6) is 0.101. The van der Waals surface area contributed by atoms with Crippen molar-refractivity contribution in [1.29, 1.82) is 0 Å². The molecule has 0 radical (unpaired) electrons. The Morgan fingerprint density at radius 3 is 2.86 bits per heavy atom. The third kappa shape index (κ3) is 4.21. The van der Waals surface area contributed by atoms with Gasteiger partial charge in [-0.3, -0.25) is 10.1 Å². The molecule has 0 aliphatic heterocycles. The maximum atomic E-state index is 12.3. The molecule has 2 aromatic rings. The number of rotatable bonds is 4. The van der Waals surface area contributed by atoms with Crippen molar-refractivity contribution in [3.8, 4) is 5.75 Å². The highest BCUT2D eigenvalue weighted by molar-refractivity contribution is 9.10. The van der Waals surface area contributed by atoms with Crippen LogP contribution in [0.25, 0.3) is 0 Å². The SMILES string of the molecule is CCc1nnc(NC(=S)NC(=O)c2cc(Br)ccc2OC)s1. The van der Waals surface area contributed by atoms with E-state index < -0.39 is 0 Å². The van der Waals surface area contributed by atoms with Gasteiger partial charge in [-0.05, 0) is 36.8 Å². The Kier molecular flexibility index (Phi) is 5.81. The van der Waals surface area contributed by atoms with Crippen LogP contribution in [0, 0.1) is 0 Å². The summed E-state index contributed by atoms with van der Waals surface area (Å²) >= 11 is 9.83. The van der Waals surface area contributed by atoms with Crippen molar-refractivity contribution >= 4 is 55.6 Å². The normalized spacial score (nSPS) is 10.1. The molecular formula is C13H13BrN4O2S2. The van der Waals surface area contributed by atoms with E-state index in [-0.39, 0.29) is 11.0 Å². The zero-order chi connectivity index (χ0) is 16.1. The second-order valence-electron chi connectivity index (χ2n) is 4.11. The Bertz CT molecular complexity index is 705. The summed E-state index contributed by atoms with van der Waals surface area (Å²) < 4.78 is 5.95. The molecule has 1 heterocycles. The summed E-state index contributed by atoms with van der Waals surface area (Å²) in [6.07, 6.45) is 0.799. The summed E-state index contributed by atoms with van der Waals surface area (Å²) in [6, 6.07) is 5.16. The lowest BCUT2D eigenvalue weighted by Crippen LogP contribution is -2.34. The monoisotopic (exact) mass is 400 g/mol. The van der Waals surface area contributed by atoms with Gasteiger partial charge in [0.2, 0.25) is 5.13 Å². The predicted octanol–water partition coefficient (Wildman–Crippen LogP) is 3.00. The lowest BCUT2D eigenvalue weighted by atomic mass is 10.2. The van der Waals surface area contributed by atoms with Gasteiger partial charge in [0.25, 0.3) is 5.91 Å². The van der Waals surface area contributed by atoms with Crippen LogP contribution in [0.5, 0.6) is 5.75 Å². The van der Waals surface area contributed by atoms with Crippen LogP contribution in [0.2, 0.25) is 0 Å². The van der Waals surface area contributed by atoms with Gasteiger partial charge in [0.05, 0.1) is 12.7 Å². The van der Waals surface area contributed by atoms with Gasteiger partial charge in [0.1, 0.15) is 10.8 Å². The van der Waals surface area contributed by atoms with E-state index in [0.717, 1.165) is 15.9 Å². The van der Waals surface area contributed by atoms with E-state index in [1.165, 1.54) is 18.4 Å². The lowest BCUT2D eigenvalue weighted by molar-refractivity contribution is 0.0974. The highest BCUT2D eigenvalue weighted by Gasteiger charge is 2.15. The van der Waals surface area contributed by atoms with Crippen LogP contribution in [-0.4, -0.2) is 28.3 Å². The zero-order valence-corrected chi connectivity index (χ0v) is 15.1. The number of aryl methyl sites for hydroxylation is 1. The maximum Gasteiger partial charge on any atom is 0.261 e. The number of methoxy groups -OCH3 is 1. The number of nitrogens with zero attached hydrogens (tertiary/aromatic N) is 2. The number of benzene rings is 1. The summed E-state index contributed by atoms with van der Waals surface area (Å²) in [7, 11) is 1.50. The Balaban J connectivity index is 2.05. The van der Waals surface area contributed by atoms with E-state index >= 15 is 0 Å². The number of halogens is 1. The minimum atomic E-state index is -0.365. The lowest BCUT2D eigenvalue weighted by Gasteiger charge is -2.10. The second-order valence-corrected chi connectivity index (χ2v) is 6.49. The fraction of sp³-hybridized carbons (Fsp3) is 0.231. The van der Waals surface area contributed by atoms with Crippen LogP contribution in [0.4, 0.5) is 5.13 Å². The summed E-state index contributed by atoms with van der Waals surface area (Å²) in [5, 5.41) is 14.9. The van der Waals surface area contributed by atoms with Gasteiger partial charge < -0.3 is 10.1 Å². The quantitative estimate of drug-likeness (QED) is 0.768. The van der Waals surface area contributed by atoms with E-state index in [1.54, 1.807) is 18.2 Å². The molecule has 22 heavy (non-hydrogen) atoms. The van der Waals surface area contributed by atoms with E-state index in [9.17, 15) is 4.79 Å². The number of ether oxygens (including phenoxy) is 1. The number of anilines is 1. The molecule has 6 nitrogen and oxygen atoms in total. The molecule has 2 rings (SSSR count). The van der Waals surface area contributed by atoms with Crippen LogP contribution in [0.15, 0.2) is 22.7 Å². The minimum Gasteiger partial charge on any atom is -0.496 e. The molecule has 116 valence electrons.